The van der Waals surface area contributed by atoms with E-state index in [-0.39, 0.29) is 23.3 Å². The summed E-state index contributed by atoms with van der Waals surface area (Å²) in [6.45, 7) is 1.69. The molecule has 10 heteroatoms. The van der Waals surface area contributed by atoms with Crippen molar-refractivity contribution in [2.75, 3.05) is 20.2 Å². The fraction of sp³-hybridized carbons (Fsp3) is 0.171. The van der Waals surface area contributed by atoms with Gasteiger partial charge in [-0.25, -0.2) is 9.87 Å². The summed E-state index contributed by atoms with van der Waals surface area (Å²) in [5.41, 5.74) is 6.17. The van der Waals surface area contributed by atoms with E-state index >= 15 is 0 Å². The lowest BCUT2D eigenvalue weighted by Gasteiger charge is -2.19. The Morgan fingerprint density at radius 2 is 1.80 bits per heavy atom. The number of phenols is 1. The van der Waals surface area contributed by atoms with E-state index < -0.39 is 11.7 Å². The van der Waals surface area contributed by atoms with Crippen LogP contribution in [-0.4, -0.2) is 53.3 Å². The van der Waals surface area contributed by atoms with Gasteiger partial charge in [0.25, 0.3) is 11.8 Å². The average molecular weight is 607 g/mol. The highest BCUT2D eigenvalue weighted by Crippen LogP contribution is 2.38. The molecule has 1 fully saturated rings. The zero-order chi connectivity index (χ0) is 31.9. The van der Waals surface area contributed by atoms with Crippen molar-refractivity contribution >= 4 is 17.9 Å². The summed E-state index contributed by atoms with van der Waals surface area (Å²) in [6.07, 6.45) is 3.61. The molecule has 0 aromatic heterocycles. The highest BCUT2D eigenvalue weighted by Gasteiger charge is 2.27. The second-order valence-electron chi connectivity index (χ2n) is 10.6. The first-order valence-corrected chi connectivity index (χ1v) is 14.2. The van der Waals surface area contributed by atoms with Crippen LogP contribution in [0.2, 0.25) is 0 Å². The van der Waals surface area contributed by atoms with Crippen molar-refractivity contribution in [3.63, 3.8) is 0 Å². The van der Waals surface area contributed by atoms with Crippen molar-refractivity contribution in [1.29, 1.82) is 5.26 Å². The second-order valence-corrected chi connectivity index (χ2v) is 10.6. The van der Waals surface area contributed by atoms with E-state index in [4.69, 9.17) is 9.94 Å². The molecule has 0 unspecified atom stereocenters. The van der Waals surface area contributed by atoms with Crippen LogP contribution >= 0.6 is 0 Å². The monoisotopic (exact) mass is 606 g/mol. The molecule has 1 aliphatic rings. The molecule has 1 atom stereocenters. The maximum atomic E-state index is 14.7. The Bertz CT molecular complexity index is 1800. The number of nitriles is 1. The molecule has 5 rings (SSSR count). The molecule has 9 nitrogen and oxygen atoms in total. The quantitative estimate of drug-likeness (QED) is 0.116. The number of nitrogens with zero attached hydrogens (tertiary/aromatic N) is 2. The highest BCUT2D eigenvalue weighted by atomic mass is 19.1. The number of hydroxylamine groups is 1. The van der Waals surface area contributed by atoms with Crippen LogP contribution in [0.4, 0.5) is 4.39 Å². The van der Waals surface area contributed by atoms with Gasteiger partial charge in [-0.1, -0.05) is 42.5 Å². The van der Waals surface area contributed by atoms with Gasteiger partial charge >= 0.3 is 0 Å². The highest BCUT2D eigenvalue weighted by molar-refractivity contribution is 5.98. The van der Waals surface area contributed by atoms with E-state index in [1.54, 1.807) is 58.9 Å². The van der Waals surface area contributed by atoms with Crippen LogP contribution in [0.1, 0.15) is 33.5 Å². The topological polar surface area (TPSA) is 135 Å². The summed E-state index contributed by atoms with van der Waals surface area (Å²) in [7, 11) is 1.46. The maximum absolute atomic E-state index is 14.7. The molecule has 2 amide bonds. The first kappa shape index (κ1) is 30.9. The van der Waals surface area contributed by atoms with Gasteiger partial charge < -0.3 is 20.1 Å². The molecule has 4 N–H and O–H groups in total. The number of aromatic hydroxyl groups is 1. The fourth-order valence-electron chi connectivity index (χ4n) is 5.31. The molecule has 4 aromatic carbocycles. The molecule has 0 bridgehead atoms. The van der Waals surface area contributed by atoms with Crippen LogP contribution in [0.3, 0.4) is 0 Å². The van der Waals surface area contributed by atoms with Gasteiger partial charge in [0.15, 0.2) is 11.5 Å². The van der Waals surface area contributed by atoms with Gasteiger partial charge in [0.1, 0.15) is 11.9 Å². The first-order chi connectivity index (χ1) is 21.8. The predicted molar refractivity (Wildman–Crippen MR) is 167 cm³/mol. The molecule has 0 aliphatic carbocycles. The fourth-order valence-corrected chi connectivity index (χ4v) is 5.31. The molecule has 0 spiro atoms. The van der Waals surface area contributed by atoms with E-state index in [9.17, 15) is 24.3 Å². The molecular weight excluding hydrogens is 575 g/mol. The molecule has 228 valence electrons. The number of benzene rings is 4. The van der Waals surface area contributed by atoms with E-state index in [1.807, 2.05) is 30.3 Å². The van der Waals surface area contributed by atoms with Crippen molar-refractivity contribution < 1.29 is 29.0 Å². The molecule has 1 heterocycles. The summed E-state index contributed by atoms with van der Waals surface area (Å²) in [5, 5.41) is 31.7. The van der Waals surface area contributed by atoms with E-state index in [1.165, 1.54) is 25.3 Å². The summed E-state index contributed by atoms with van der Waals surface area (Å²) < 4.78 is 19.9. The van der Waals surface area contributed by atoms with Gasteiger partial charge in [0, 0.05) is 37.3 Å². The summed E-state index contributed by atoms with van der Waals surface area (Å²) >= 11 is 0. The van der Waals surface area contributed by atoms with Gasteiger partial charge in [0.2, 0.25) is 0 Å². The summed E-state index contributed by atoms with van der Waals surface area (Å²) in [4.78, 5) is 26.6. The second kappa shape index (κ2) is 13.9. The number of hydrogen-bond donors (Lipinski definition) is 4. The zero-order valence-electron chi connectivity index (χ0n) is 24.5. The largest absolute Gasteiger partial charge is 0.504 e. The Hall–Kier alpha value is -5.50. The minimum Gasteiger partial charge on any atom is -0.504 e. The smallest absolute Gasteiger partial charge is 0.267 e. The van der Waals surface area contributed by atoms with Crippen LogP contribution < -0.4 is 15.5 Å². The van der Waals surface area contributed by atoms with Crippen molar-refractivity contribution in [3.05, 3.63) is 113 Å². The van der Waals surface area contributed by atoms with Crippen LogP contribution in [0.5, 0.6) is 11.5 Å². The number of amides is 2. The minimum atomic E-state index is -0.663. The predicted octanol–water partition coefficient (Wildman–Crippen LogP) is 5.27. The number of hydrogen-bond acceptors (Lipinski definition) is 7. The van der Waals surface area contributed by atoms with Gasteiger partial charge in [0.05, 0.1) is 12.7 Å². The number of phenolic OH excluding ortho intramolecular Hbond substituents is 1. The Morgan fingerprint density at radius 3 is 2.49 bits per heavy atom. The molecule has 0 saturated carbocycles. The lowest BCUT2D eigenvalue weighted by molar-refractivity contribution is -0.124. The summed E-state index contributed by atoms with van der Waals surface area (Å²) in [6, 6.07) is 24.1. The van der Waals surface area contributed by atoms with Crippen molar-refractivity contribution in [3.8, 4) is 39.8 Å². The van der Waals surface area contributed by atoms with Crippen molar-refractivity contribution in [1.82, 2.24) is 15.7 Å². The minimum absolute atomic E-state index is 0.0532. The first-order valence-electron chi connectivity index (χ1n) is 14.2. The van der Waals surface area contributed by atoms with Crippen LogP contribution in [-0.2, 0) is 11.3 Å². The van der Waals surface area contributed by atoms with Crippen molar-refractivity contribution in [2.24, 2.45) is 0 Å². The Kier molecular flexibility index (Phi) is 9.53. The number of carbonyl (C=O) groups excluding carboxylic acids is 2. The Labute approximate surface area is 259 Å². The molecule has 1 aliphatic heterocycles. The lowest BCUT2D eigenvalue weighted by Crippen LogP contribution is -2.34. The van der Waals surface area contributed by atoms with Crippen LogP contribution in [0.25, 0.3) is 28.3 Å². The third kappa shape index (κ3) is 7.18. The third-order valence-corrected chi connectivity index (χ3v) is 7.74. The van der Waals surface area contributed by atoms with Gasteiger partial charge in [-0.2, -0.15) is 5.26 Å². The average Bonchev–Trinajstić information content (AvgIpc) is 3.55. The van der Waals surface area contributed by atoms with E-state index in [0.29, 0.717) is 53.2 Å². The van der Waals surface area contributed by atoms with Crippen LogP contribution in [0, 0.1) is 17.1 Å². The summed E-state index contributed by atoms with van der Waals surface area (Å²) in [5.74, 6) is -1.16. The molecule has 45 heavy (non-hydrogen) atoms. The normalized spacial score (nSPS) is 14.4. The van der Waals surface area contributed by atoms with Crippen molar-refractivity contribution in [2.45, 2.75) is 19.0 Å². The SMILES string of the molecule is COc1ccc(-c2ccc(C(=O)N3CC[C@H](NCc4ccc(/C=C/C(=O)NO)cc4)C3)cc2-c2ccc(C#N)c(F)c2)cc1O. The van der Waals surface area contributed by atoms with Gasteiger partial charge in [-0.15, -0.1) is 0 Å². The lowest BCUT2D eigenvalue weighted by atomic mass is 9.91. The molecule has 4 aromatic rings. The zero-order valence-corrected chi connectivity index (χ0v) is 24.5. The number of rotatable bonds is 9. The molecule has 0 radical (unpaired) electrons. The Morgan fingerprint density at radius 1 is 1.04 bits per heavy atom. The third-order valence-electron chi connectivity index (χ3n) is 7.74. The standard InChI is InChI=1S/C35H31FN4O5/c1-45-33-12-10-25(18-32(33)41)29-11-9-26(16-30(29)24-7-8-27(19-37)31(36)17-24)35(43)40-15-14-28(21-40)38-20-23-4-2-22(3-5-23)6-13-34(42)39-44/h2-13,16-18,28,38,41,44H,14-15,20-21H2,1H3,(H,39,42)/b13-6+/t28-/m0/s1. The number of methoxy groups -OCH3 is 1. The number of nitrogens with one attached hydrogen (secondary N) is 2. The number of likely N-dealkylation sites (tertiary alicyclic amines) is 1. The number of ether oxygens (including phenoxy) is 1. The van der Waals surface area contributed by atoms with E-state index in [0.717, 1.165) is 17.5 Å². The molecule has 1 saturated heterocycles. The maximum Gasteiger partial charge on any atom is 0.267 e. The number of halogens is 1. The van der Waals surface area contributed by atoms with Crippen LogP contribution in [0.15, 0.2) is 84.9 Å². The van der Waals surface area contributed by atoms with Gasteiger partial charge in [-0.3, -0.25) is 14.8 Å². The van der Waals surface area contributed by atoms with Gasteiger partial charge in [-0.05, 0) is 82.3 Å². The number of carbonyl (C=O) groups is 2. The Balaban J connectivity index is 1.32. The van der Waals surface area contributed by atoms with E-state index in [2.05, 4.69) is 5.32 Å². The molecular formula is C35H31FN4O5.